The van der Waals surface area contributed by atoms with Crippen LogP contribution in [0.4, 0.5) is 17.8 Å². The van der Waals surface area contributed by atoms with Crippen LogP contribution < -0.4 is 21.3 Å². The number of hydrogen-bond acceptors (Lipinski definition) is 8. The van der Waals surface area contributed by atoms with Crippen molar-refractivity contribution >= 4 is 23.8 Å². The fraction of sp³-hybridized carbons (Fsp3) is 0.667. The number of aromatic nitrogens is 3. The van der Waals surface area contributed by atoms with Crippen LogP contribution in [-0.2, 0) is 4.79 Å². The largest absolute Gasteiger partial charge is 0.381 e. The van der Waals surface area contributed by atoms with Gasteiger partial charge >= 0.3 is 0 Å². The van der Waals surface area contributed by atoms with Crippen LogP contribution in [0.3, 0.4) is 0 Å². The van der Waals surface area contributed by atoms with Gasteiger partial charge in [-0.1, -0.05) is 0 Å². The number of nitrogens with zero attached hydrogens (tertiary/aromatic N) is 4. The van der Waals surface area contributed by atoms with Crippen LogP contribution in [-0.4, -0.2) is 58.2 Å². The Morgan fingerprint density at radius 2 is 1.76 bits per heavy atom. The van der Waals surface area contributed by atoms with Crippen LogP contribution in [0, 0.1) is 0 Å². The lowest BCUT2D eigenvalue weighted by atomic mass is 10.3. The highest BCUT2D eigenvalue weighted by molar-refractivity contribution is 5.79. The van der Waals surface area contributed by atoms with Crippen molar-refractivity contribution in [3.63, 3.8) is 0 Å². The first kappa shape index (κ1) is 16.9. The Bertz CT molecular complexity index is 465. The second-order valence-electron chi connectivity index (χ2n) is 4.28. The van der Waals surface area contributed by atoms with Gasteiger partial charge in [-0.05, 0) is 20.8 Å². The fourth-order valence-corrected chi connectivity index (χ4v) is 1.62. The first-order valence-corrected chi connectivity index (χ1v) is 6.97. The molecule has 0 aliphatic carbocycles. The Morgan fingerprint density at radius 3 is 2.24 bits per heavy atom. The summed E-state index contributed by atoms with van der Waals surface area (Å²) >= 11 is 0. The maximum atomic E-state index is 10.8. The van der Waals surface area contributed by atoms with E-state index in [2.05, 4.69) is 25.6 Å². The third-order valence-corrected chi connectivity index (χ3v) is 2.79. The van der Waals surface area contributed by atoms with Gasteiger partial charge in [-0.3, -0.25) is 4.79 Å². The molecule has 0 fully saturated rings. The van der Waals surface area contributed by atoms with Gasteiger partial charge in [-0.15, -0.1) is 0 Å². The summed E-state index contributed by atoms with van der Waals surface area (Å²) in [6, 6.07) is 0. The number of nitrogens with one attached hydrogen (secondary N) is 2. The van der Waals surface area contributed by atoms with Gasteiger partial charge in [0.05, 0.1) is 6.54 Å². The van der Waals surface area contributed by atoms with Crippen LogP contribution in [0.1, 0.15) is 20.8 Å². The lowest BCUT2D eigenvalue weighted by Gasteiger charge is -2.20. The zero-order valence-electron chi connectivity index (χ0n) is 12.6. The van der Waals surface area contributed by atoms with Gasteiger partial charge in [0, 0.05) is 19.6 Å². The molecule has 0 radical (unpaired) electrons. The van der Waals surface area contributed by atoms with Gasteiger partial charge in [0.2, 0.25) is 23.8 Å². The average Bonchev–Trinajstić information content (AvgIpc) is 2.46. The van der Waals surface area contributed by atoms with E-state index in [1.807, 2.05) is 25.7 Å². The quantitative estimate of drug-likeness (QED) is 0.476. The van der Waals surface area contributed by atoms with E-state index in [0.717, 1.165) is 13.1 Å². The zero-order chi connectivity index (χ0) is 15.8. The molecule has 1 atom stereocenters. The van der Waals surface area contributed by atoms with Gasteiger partial charge < -0.3 is 26.4 Å². The molecule has 0 bridgehead atoms. The van der Waals surface area contributed by atoms with Gasteiger partial charge in [0.15, 0.2) is 0 Å². The molecule has 21 heavy (non-hydrogen) atoms. The highest BCUT2D eigenvalue weighted by atomic mass is 16.3. The van der Waals surface area contributed by atoms with Gasteiger partial charge in [0.25, 0.3) is 0 Å². The second kappa shape index (κ2) is 8.20. The molecule has 1 heterocycles. The number of primary amides is 1. The fourth-order valence-electron chi connectivity index (χ4n) is 1.62. The molecule has 1 rings (SSSR count). The Labute approximate surface area is 124 Å². The number of carbonyl (C=O) groups excluding carboxylic acids is 1. The van der Waals surface area contributed by atoms with Crippen molar-refractivity contribution in [1.82, 2.24) is 15.0 Å². The monoisotopic (exact) mass is 297 g/mol. The summed E-state index contributed by atoms with van der Waals surface area (Å²) in [5.74, 6) is 0.447. The second-order valence-corrected chi connectivity index (χ2v) is 4.28. The topological polar surface area (TPSA) is 129 Å². The Balaban J connectivity index is 2.93. The lowest BCUT2D eigenvalue weighted by molar-refractivity contribution is -0.125. The van der Waals surface area contributed by atoms with Crippen molar-refractivity contribution in [3.8, 4) is 0 Å². The van der Waals surface area contributed by atoms with Crippen molar-refractivity contribution in [2.75, 3.05) is 41.7 Å². The van der Waals surface area contributed by atoms with Crippen molar-refractivity contribution in [1.29, 1.82) is 0 Å². The van der Waals surface area contributed by atoms with Crippen LogP contribution in [0.15, 0.2) is 0 Å². The third kappa shape index (κ3) is 5.03. The number of carbonyl (C=O) groups is 1. The molecule has 0 spiro atoms. The SMILES string of the molecule is CCNc1nc(NCC(O)C(N)=O)nc(N(CC)CC)n1. The number of amides is 1. The number of aliphatic hydroxyl groups is 1. The van der Waals surface area contributed by atoms with Gasteiger partial charge in [-0.2, -0.15) is 15.0 Å². The van der Waals surface area contributed by atoms with E-state index in [0.29, 0.717) is 18.4 Å². The van der Waals surface area contributed by atoms with Crippen molar-refractivity contribution in [2.24, 2.45) is 5.73 Å². The maximum absolute atomic E-state index is 10.8. The molecule has 9 heteroatoms. The van der Waals surface area contributed by atoms with E-state index in [-0.39, 0.29) is 12.5 Å². The summed E-state index contributed by atoms with van der Waals surface area (Å²) in [6.45, 7) is 8.08. The molecular weight excluding hydrogens is 274 g/mol. The van der Waals surface area contributed by atoms with Crippen molar-refractivity contribution in [2.45, 2.75) is 26.9 Å². The van der Waals surface area contributed by atoms with E-state index in [4.69, 9.17) is 5.73 Å². The molecule has 1 unspecified atom stereocenters. The lowest BCUT2D eigenvalue weighted by Crippen LogP contribution is -2.34. The molecule has 0 aliphatic rings. The normalized spacial score (nSPS) is 11.8. The van der Waals surface area contributed by atoms with E-state index < -0.39 is 12.0 Å². The average molecular weight is 297 g/mol. The molecule has 1 aromatic heterocycles. The summed E-state index contributed by atoms with van der Waals surface area (Å²) in [4.78, 5) is 25.6. The van der Waals surface area contributed by atoms with E-state index in [1.165, 1.54) is 0 Å². The Kier molecular flexibility index (Phi) is 6.60. The molecule has 1 aromatic rings. The summed E-state index contributed by atoms with van der Waals surface area (Å²) in [5.41, 5.74) is 5.00. The minimum absolute atomic E-state index is 0.0530. The van der Waals surface area contributed by atoms with E-state index >= 15 is 0 Å². The Morgan fingerprint density at radius 1 is 1.19 bits per heavy atom. The van der Waals surface area contributed by atoms with Gasteiger partial charge in [0.1, 0.15) is 6.10 Å². The summed E-state index contributed by atoms with van der Waals surface area (Å²) in [5, 5.41) is 15.2. The molecular formula is C12H23N7O2. The predicted molar refractivity (Wildman–Crippen MR) is 81.2 cm³/mol. The first-order chi connectivity index (χ1) is 10.0. The number of aliphatic hydroxyl groups excluding tert-OH is 1. The summed E-state index contributed by atoms with van der Waals surface area (Å²) in [6.07, 6.45) is -1.29. The summed E-state index contributed by atoms with van der Waals surface area (Å²) < 4.78 is 0. The number of rotatable bonds is 9. The summed E-state index contributed by atoms with van der Waals surface area (Å²) in [7, 11) is 0. The number of anilines is 3. The molecule has 118 valence electrons. The number of hydrogen-bond donors (Lipinski definition) is 4. The maximum Gasteiger partial charge on any atom is 0.248 e. The number of nitrogens with two attached hydrogens (primary N) is 1. The van der Waals surface area contributed by atoms with Crippen molar-refractivity contribution < 1.29 is 9.90 Å². The van der Waals surface area contributed by atoms with Gasteiger partial charge in [-0.25, -0.2) is 0 Å². The minimum atomic E-state index is -1.29. The van der Waals surface area contributed by atoms with Crippen LogP contribution in [0.2, 0.25) is 0 Å². The standard InChI is InChI=1S/C12H23N7O2/c1-4-14-10-16-11(15-7-8(20)9(13)21)18-12(17-10)19(5-2)6-3/h8,20H,4-7H2,1-3H3,(H2,13,21)(H2,14,15,16,17,18). The molecule has 0 saturated heterocycles. The highest BCUT2D eigenvalue weighted by Gasteiger charge is 2.14. The van der Waals surface area contributed by atoms with E-state index in [1.54, 1.807) is 0 Å². The predicted octanol–water partition coefficient (Wildman–Crippen LogP) is -0.592. The zero-order valence-corrected chi connectivity index (χ0v) is 12.6. The molecule has 9 nitrogen and oxygen atoms in total. The first-order valence-electron chi connectivity index (χ1n) is 6.97. The minimum Gasteiger partial charge on any atom is -0.381 e. The molecule has 0 saturated carbocycles. The molecule has 5 N–H and O–H groups in total. The van der Waals surface area contributed by atoms with E-state index in [9.17, 15) is 9.90 Å². The highest BCUT2D eigenvalue weighted by Crippen LogP contribution is 2.13. The van der Waals surface area contributed by atoms with Crippen LogP contribution in [0.25, 0.3) is 0 Å². The van der Waals surface area contributed by atoms with Crippen LogP contribution >= 0.6 is 0 Å². The molecule has 0 aliphatic heterocycles. The third-order valence-electron chi connectivity index (χ3n) is 2.79. The Hall–Kier alpha value is -2.16. The molecule has 0 aromatic carbocycles. The smallest absolute Gasteiger partial charge is 0.248 e. The van der Waals surface area contributed by atoms with Crippen LogP contribution in [0.5, 0.6) is 0 Å². The molecule has 1 amide bonds. The van der Waals surface area contributed by atoms with Crippen molar-refractivity contribution in [3.05, 3.63) is 0 Å².